The SMILES string of the molecule is CCC(=O)Oc1cc[c-]c(-c2ccccn2)c1.CCC(=O)Oc1cc[c-]c(-c2ccccn2)c1.CCC(C)(CC(C)n1c2ccccc2c2ccccc21)C(=O)OCCNC(=O)Oc1cc[c-]c(-c2ccccn2)c1.[Ir+3]. The van der Waals surface area contributed by atoms with Gasteiger partial charge in [-0.15, -0.1) is 89.5 Å². The quantitative estimate of drug-likeness (QED) is 0.0424. The van der Waals surface area contributed by atoms with Gasteiger partial charge in [0.25, 0.3) is 0 Å². The van der Waals surface area contributed by atoms with Crippen LogP contribution in [0.1, 0.15) is 66.3 Å². The molecule has 4 aromatic heterocycles. The number of fused-ring (bicyclic) bond motifs is 3. The molecule has 76 heavy (non-hydrogen) atoms. The third-order valence-corrected chi connectivity index (χ3v) is 12.1. The first kappa shape index (κ1) is 57.0. The van der Waals surface area contributed by atoms with Gasteiger partial charge in [-0.2, -0.15) is 0 Å². The molecule has 13 nitrogen and oxygen atoms in total. The van der Waals surface area contributed by atoms with Gasteiger partial charge in [0.1, 0.15) is 6.61 Å². The predicted molar refractivity (Wildman–Crippen MR) is 290 cm³/mol. The molecule has 1 amide bonds. The van der Waals surface area contributed by atoms with Gasteiger partial charge in [-0.05, 0) is 74.1 Å². The second-order valence-electron chi connectivity index (χ2n) is 17.4. The fraction of sp³-hybridized carbons (Fsp3) is 0.210. The van der Waals surface area contributed by atoms with Crippen molar-refractivity contribution in [2.24, 2.45) is 5.41 Å². The van der Waals surface area contributed by atoms with Crippen molar-refractivity contribution < 1.29 is 58.2 Å². The summed E-state index contributed by atoms with van der Waals surface area (Å²) in [4.78, 5) is 60.7. The molecule has 0 radical (unpaired) electrons. The monoisotopic (exact) mass is 1190 g/mol. The van der Waals surface area contributed by atoms with Crippen LogP contribution in [0.4, 0.5) is 4.79 Å². The number of nitrogens with one attached hydrogen (secondary N) is 1. The molecular weight excluding hydrogens is 1130 g/mol. The van der Waals surface area contributed by atoms with Crippen LogP contribution in [0, 0.1) is 23.6 Å². The summed E-state index contributed by atoms with van der Waals surface area (Å²) in [6, 6.07) is 58.3. The molecule has 0 spiro atoms. The van der Waals surface area contributed by atoms with Crippen molar-refractivity contribution in [2.75, 3.05) is 13.2 Å². The van der Waals surface area contributed by atoms with E-state index in [9.17, 15) is 19.2 Å². The summed E-state index contributed by atoms with van der Waals surface area (Å²) in [7, 11) is 0. The van der Waals surface area contributed by atoms with Crippen LogP contribution in [0.25, 0.3) is 55.6 Å². The normalized spacial score (nSPS) is 11.7. The van der Waals surface area contributed by atoms with Crippen LogP contribution in [0.3, 0.4) is 0 Å². The largest absolute Gasteiger partial charge is 3.00 e. The van der Waals surface area contributed by atoms with Crippen LogP contribution in [0.5, 0.6) is 17.2 Å². The van der Waals surface area contributed by atoms with Crippen molar-refractivity contribution in [3.8, 4) is 51.0 Å². The number of aromatic nitrogens is 4. The van der Waals surface area contributed by atoms with E-state index in [0.717, 1.165) is 44.8 Å². The molecule has 0 aliphatic carbocycles. The molecule has 0 bridgehead atoms. The third kappa shape index (κ3) is 15.6. The zero-order valence-corrected chi connectivity index (χ0v) is 45.3. The smallest absolute Gasteiger partial charge is 0.463 e. The average molecular weight is 1190 g/mol. The van der Waals surface area contributed by atoms with Gasteiger partial charge in [-0.1, -0.05) is 93.6 Å². The average Bonchev–Trinajstić information content (AvgIpc) is 3.80. The van der Waals surface area contributed by atoms with E-state index < -0.39 is 11.5 Å². The Hall–Kier alpha value is -8.32. The minimum absolute atomic E-state index is 0. The summed E-state index contributed by atoms with van der Waals surface area (Å²) in [5.74, 6) is 0.650. The Morgan fingerprint density at radius 2 is 0.987 bits per heavy atom. The zero-order valence-electron chi connectivity index (χ0n) is 43.0. The van der Waals surface area contributed by atoms with Crippen molar-refractivity contribution in [3.05, 3.63) is 195 Å². The molecule has 5 aromatic carbocycles. The zero-order chi connectivity index (χ0) is 53.0. The van der Waals surface area contributed by atoms with Gasteiger partial charge < -0.3 is 43.8 Å². The Labute approximate surface area is 457 Å². The summed E-state index contributed by atoms with van der Waals surface area (Å²) in [5.41, 5.74) is 6.31. The van der Waals surface area contributed by atoms with Crippen LogP contribution in [-0.4, -0.2) is 56.7 Å². The first-order valence-electron chi connectivity index (χ1n) is 24.8. The molecule has 0 saturated carbocycles. The number of carbonyl (C=O) groups excluding carboxylic acids is 4. The molecule has 2 unspecified atom stereocenters. The summed E-state index contributed by atoms with van der Waals surface area (Å²) >= 11 is 0. The van der Waals surface area contributed by atoms with E-state index in [1.165, 1.54) is 10.8 Å². The second-order valence-corrected chi connectivity index (χ2v) is 17.4. The van der Waals surface area contributed by atoms with Crippen LogP contribution < -0.4 is 19.5 Å². The molecule has 2 atom stereocenters. The Bertz CT molecular complexity index is 3170. The Kier molecular flexibility index (Phi) is 21.3. The fourth-order valence-electron chi connectivity index (χ4n) is 8.10. The summed E-state index contributed by atoms with van der Waals surface area (Å²) < 4.78 is 23.6. The fourth-order valence-corrected chi connectivity index (χ4v) is 8.10. The number of nitrogens with zero attached hydrogens (tertiary/aromatic N) is 4. The molecule has 9 aromatic rings. The van der Waals surface area contributed by atoms with Gasteiger partial charge in [0.2, 0.25) is 0 Å². The molecule has 14 heteroatoms. The summed E-state index contributed by atoms with van der Waals surface area (Å²) in [6.45, 7) is 9.82. The van der Waals surface area contributed by atoms with Gasteiger partial charge in [-0.25, -0.2) is 4.79 Å². The second kappa shape index (κ2) is 28.4. The summed E-state index contributed by atoms with van der Waals surface area (Å²) in [6.07, 6.45) is 6.46. The van der Waals surface area contributed by atoms with Gasteiger partial charge in [0.15, 0.2) is 0 Å². The number of carbonyl (C=O) groups is 4. The molecule has 0 aliphatic rings. The molecule has 388 valence electrons. The van der Waals surface area contributed by atoms with E-state index in [2.05, 4.69) is 86.4 Å². The number of amides is 1. The Morgan fingerprint density at radius 3 is 1.38 bits per heavy atom. The molecule has 9 rings (SSSR count). The molecule has 0 fully saturated rings. The standard InChI is InChI=1S/C34H34N3O4.2C14H12NO2.Ir/c1-4-34(3,23-24(2)37-30-17-7-5-14-27(30)28-15-6-8-18-31(28)37)32(38)40-21-20-36-33(39)41-26-13-11-12-25(22-26)29-16-9-10-19-35-29;2*1-2-14(16)17-12-7-5-6-11(10-12)13-8-3-4-9-15-13;/h5-11,13-19,22,24H,4,20-21,23H2,1-3H3,(H,36,39);2*3-5,7-10H,2H2,1H3;/q3*-1;+3. The van der Waals surface area contributed by atoms with Crippen molar-refractivity contribution in [1.29, 1.82) is 0 Å². The number of hydrogen-bond acceptors (Lipinski definition) is 11. The van der Waals surface area contributed by atoms with Crippen LogP contribution in [-0.2, 0) is 39.2 Å². The van der Waals surface area contributed by atoms with Gasteiger partial charge in [0, 0.05) is 59.3 Å². The van der Waals surface area contributed by atoms with Crippen LogP contribution in [0.15, 0.2) is 176 Å². The maximum Gasteiger partial charge on any atom is 3.00 e. The number of pyridine rings is 3. The molecule has 1 N–H and O–H groups in total. The Morgan fingerprint density at radius 1 is 0.579 bits per heavy atom. The molecule has 0 saturated heterocycles. The number of benzene rings is 5. The van der Waals surface area contributed by atoms with E-state index in [4.69, 9.17) is 18.9 Å². The first-order chi connectivity index (χ1) is 36.5. The van der Waals surface area contributed by atoms with E-state index in [1.807, 2.05) is 80.6 Å². The van der Waals surface area contributed by atoms with Gasteiger partial charge >= 0.3 is 44.1 Å². The van der Waals surface area contributed by atoms with E-state index in [-0.39, 0.29) is 57.2 Å². The van der Waals surface area contributed by atoms with Gasteiger partial charge in [0.05, 0.1) is 29.2 Å². The molecule has 0 aliphatic heterocycles. The minimum Gasteiger partial charge on any atom is -0.463 e. The van der Waals surface area contributed by atoms with Crippen molar-refractivity contribution in [3.63, 3.8) is 0 Å². The van der Waals surface area contributed by atoms with E-state index in [1.54, 1.807) is 87.0 Å². The number of hydrogen-bond donors (Lipinski definition) is 1. The van der Waals surface area contributed by atoms with E-state index >= 15 is 0 Å². The first-order valence-corrected chi connectivity index (χ1v) is 24.8. The van der Waals surface area contributed by atoms with Crippen LogP contribution >= 0.6 is 0 Å². The topological polar surface area (TPSA) is 161 Å². The number of para-hydroxylation sites is 2. The van der Waals surface area contributed by atoms with Gasteiger partial charge in [-0.3, -0.25) is 14.4 Å². The van der Waals surface area contributed by atoms with Crippen molar-refractivity contribution in [2.45, 2.75) is 66.3 Å². The maximum atomic E-state index is 13.3. The number of ether oxygens (including phenoxy) is 4. The minimum atomic E-state index is -0.686. The number of esters is 3. The van der Waals surface area contributed by atoms with Crippen LogP contribution in [0.2, 0.25) is 0 Å². The Balaban J connectivity index is 0.000000219. The molecule has 4 heterocycles. The molecular formula is C62H58IrN5O8. The number of rotatable bonds is 16. The van der Waals surface area contributed by atoms with Crippen molar-refractivity contribution in [1.82, 2.24) is 24.8 Å². The maximum absolute atomic E-state index is 13.3. The van der Waals surface area contributed by atoms with E-state index in [0.29, 0.717) is 42.9 Å². The van der Waals surface area contributed by atoms with Crippen molar-refractivity contribution >= 4 is 45.8 Å². The third-order valence-electron chi connectivity index (χ3n) is 12.1. The predicted octanol–water partition coefficient (Wildman–Crippen LogP) is 13.1. The summed E-state index contributed by atoms with van der Waals surface area (Å²) in [5, 5.41) is 5.06.